The van der Waals surface area contributed by atoms with Crippen molar-refractivity contribution in [2.24, 2.45) is 0 Å². The molecule has 0 aromatic heterocycles. The Kier molecular flexibility index (Phi) is 5.64. The number of ether oxygens (including phenoxy) is 1. The zero-order valence-electron chi connectivity index (χ0n) is 14.5. The fourth-order valence-electron chi connectivity index (χ4n) is 3.11. The lowest BCUT2D eigenvalue weighted by Gasteiger charge is -2.36. The van der Waals surface area contributed by atoms with Crippen molar-refractivity contribution in [3.05, 3.63) is 108 Å². The van der Waals surface area contributed by atoms with Gasteiger partial charge in [-0.2, -0.15) is 0 Å². The highest BCUT2D eigenvalue weighted by Crippen LogP contribution is 2.40. The molecule has 2 nitrogen and oxygen atoms in total. The first-order valence-corrected chi connectivity index (χ1v) is 8.76. The summed E-state index contributed by atoms with van der Waals surface area (Å²) in [5.41, 5.74) is 2.40. The second kappa shape index (κ2) is 8.11. The van der Waals surface area contributed by atoms with Gasteiger partial charge in [0.1, 0.15) is 5.60 Å². The molecule has 0 heterocycles. The summed E-state index contributed by atoms with van der Waals surface area (Å²) in [4.78, 5) is 0. The van der Waals surface area contributed by atoms with E-state index >= 15 is 0 Å². The van der Waals surface area contributed by atoms with Gasteiger partial charge in [-0.15, -0.1) is 0 Å². The summed E-state index contributed by atoms with van der Waals surface area (Å²) < 4.78 is 6.49. The minimum Gasteiger partial charge on any atom is -0.391 e. The second-order valence-corrected chi connectivity index (χ2v) is 6.15. The van der Waals surface area contributed by atoms with E-state index in [0.29, 0.717) is 6.42 Å². The number of aliphatic hydroxyl groups is 1. The Hall–Kier alpha value is -2.42. The Balaban J connectivity index is 2.20. The Morgan fingerprint density at radius 3 is 1.40 bits per heavy atom. The summed E-state index contributed by atoms with van der Waals surface area (Å²) in [6.45, 7) is 2.23. The maximum Gasteiger partial charge on any atom is 0.143 e. The molecule has 2 heteroatoms. The van der Waals surface area contributed by atoms with Crippen LogP contribution in [-0.2, 0) is 10.3 Å². The van der Waals surface area contributed by atoms with Gasteiger partial charge in [-0.1, -0.05) is 97.9 Å². The normalized spacial score (nSPS) is 12.7. The number of rotatable bonds is 7. The summed E-state index contributed by atoms with van der Waals surface area (Å²) in [5, 5.41) is 10.1. The molecule has 3 rings (SSSR count). The van der Waals surface area contributed by atoms with Gasteiger partial charge in [-0.25, -0.2) is 0 Å². The second-order valence-electron chi connectivity index (χ2n) is 6.15. The molecular weight excluding hydrogens is 308 g/mol. The molecule has 0 spiro atoms. The van der Waals surface area contributed by atoms with Crippen molar-refractivity contribution in [3.8, 4) is 0 Å². The van der Waals surface area contributed by atoms with Crippen LogP contribution < -0.4 is 0 Å². The van der Waals surface area contributed by atoms with Gasteiger partial charge in [0, 0.05) is 0 Å². The molecule has 25 heavy (non-hydrogen) atoms. The number of benzene rings is 3. The van der Waals surface area contributed by atoms with E-state index in [9.17, 15) is 5.11 Å². The fourth-order valence-corrected chi connectivity index (χ4v) is 3.11. The maximum atomic E-state index is 10.1. The lowest BCUT2D eigenvalue weighted by Crippen LogP contribution is -2.35. The third kappa shape index (κ3) is 3.65. The van der Waals surface area contributed by atoms with E-state index < -0.39 is 11.7 Å². The van der Waals surface area contributed by atoms with Crippen molar-refractivity contribution in [2.45, 2.75) is 25.0 Å². The molecule has 0 saturated heterocycles. The molecule has 0 bridgehead atoms. The Bertz CT molecular complexity index is 657. The average Bonchev–Trinajstić information content (AvgIpc) is 2.71. The summed E-state index contributed by atoms with van der Waals surface area (Å²) in [6.07, 6.45) is 0.171. The van der Waals surface area contributed by atoms with Crippen LogP contribution in [0.15, 0.2) is 91.0 Å². The zero-order valence-corrected chi connectivity index (χ0v) is 14.5. The summed E-state index contributed by atoms with van der Waals surface area (Å²) in [6, 6.07) is 30.6. The third-order valence-electron chi connectivity index (χ3n) is 4.50. The predicted octanol–water partition coefficient (Wildman–Crippen LogP) is 4.77. The van der Waals surface area contributed by atoms with Crippen molar-refractivity contribution in [1.29, 1.82) is 0 Å². The van der Waals surface area contributed by atoms with Gasteiger partial charge in [0.2, 0.25) is 0 Å². The Morgan fingerprint density at radius 1 is 0.720 bits per heavy atom. The first kappa shape index (κ1) is 17.4. The standard InChI is InChI=1S/C23H24O2/c1-2-22(24)18-25-23(19-12-6-3-7-13-19,20-14-8-4-9-15-20)21-16-10-5-11-17-21/h3-17,22,24H,2,18H2,1H3. The molecule has 0 amide bonds. The van der Waals surface area contributed by atoms with Crippen LogP contribution in [-0.4, -0.2) is 17.8 Å². The molecule has 3 aromatic carbocycles. The first-order chi connectivity index (χ1) is 12.3. The van der Waals surface area contributed by atoms with Gasteiger partial charge >= 0.3 is 0 Å². The molecule has 0 saturated carbocycles. The van der Waals surface area contributed by atoms with Crippen LogP contribution in [0.2, 0.25) is 0 Å². The van der Waals surface area contributed by atoms with E-state index in [0.717, 1.165) is 16.7 Å². The van der Waals surface area contributed by atoms with Crippen LogP contribution in [0.4, 0.5) is 0 Å². The molecule has 128 valence electrons. The minimum absolute atomic E-state index is 0.273. The van der Waals surface area contributed by atoms with Crippen molar-refractivity contribution < 1.29 is 9.84 Å². The van der Waals surface area contributed by atoms with Crippen molar-refractivity contribution in [3.63, 3.8) is 0 Å². The van der Waals surface area contributed by atoms with E-state index in [1.54, 1.807) is 0 Å². The van der Waals surface area contributed by atoms with E-state index in [2.05, 4.69) is 36.4 Å². The molecule has 0 radical (unpaired) electrons. The highest BCUT2D eigenvalue weighted by atomic mass is 16.5. The number of hydrogen-bond acceptors (Lipinski definition) is 2. The topological polar surface area (TPSA) is 29.5 Å². The molecule has 1 unspecified atom stereocenters. The van der Waals surface area contributed by atoms with E-state index in [-0.39, 0.29) is 6.61 Å². The van der Waals surface area contributed by atoms with Gasteiger partial charge in [-0.05, 0) is 23.1 Å². The van der Waals surface area contributed by atoms with E-state index in [1.807, 2.05) is 61.5 Å². The number of hydrogen-bond donors (Lipinski definition) is 1. The molecule has 0 aliphatic carbocycles. The van der Waals surface area contributed by atoms with E-state index in [1.165, 1.54) is 0 Å². The van der Waals surface area contributed by atoms with Crippen LogP contribution in [0.1, 0.15) is 30.0 Å². The number of aliphatic hydroxyl groups excluding tert-OH is 1. The third-order valence-corrected chi connectivity index (χ3v) is 4.50. The predicted molar refractivity (Wildman–Crippen MR) is 101 cm³/mol. The summed E-state index contributed by atoms with van der Waals surface area (Å²) in [7, 11) is 0. The molecular formula is C23H24O2. The lowest BCUT2D eigenvalue weighted by molar-refractivity contribution is -0.0386. The maximum absolute atomic E-state index is 10.1. The van der Waals surface area contributed by atoms with Gasteiger partial charge in [0.15, 0.2) is 0 Å². The summed E-state index contributed by atoms with van der Waals surface area (Å²) >= 11 is 0. The van der Waals surface area contributed by atoms with Crippen LogP contribution >= 0.6 is 0 Å². The molecule has 3 aromatic rings. The van der Waals surface area contributed by atoms with Crippen LogP contribution in [0.25, 0.3) is 0 Å². The monoisotopic (exact) mass is 332 g/mol. The smallest absolute Gasteiger partial charge is 0.143 e. The van der Waals surface area contributed by atoms with Crippen LogP contribution in [0, 0.1) is 0 Å². The first-order valence-electron chi connectivity index (χ1n) is 8.76. The van der Waals surface area contributed by atoms with E-state index in [4.69, 9.17) is 4.74 Å². The van der Waals surface area contributed by atoms with Gasteiger partial charge in [-0.3, -0.25) is 0 Å². The molecule has 0 aliphatic heterocycles. The van der Waals surface area contributed by atoms with Crippen LogP contribution in [0.5, 0.6) is 0 Å². The minimum atomic E-state index is -0.750. The zero-order chi connectivity index (χ0) is 17.5. The average molecular weight is 332 g/mol. The van der Waals surface area contributed by atoms with Gasteiger partial charge in [0.25, 0.3) is 0 Å². The lowest BCUT2D eigenvalue weighted by atomic mass is 9.80. The van der Waals surface area contributed by atoms with Crippen molar-refractivity contribution in [2.75, 3.05) is 6.61 Å². The van der Waals surface area contributed by atoms with Gasteiger partial charge in [0.05, 0.1) is 12.7 Å². The Morgan fingerprint density at radius 2 is 1.08 bits per heavy atom. The van der Waals surface area contributed by atoms with Crippen LogP contribution in [0.3, 0.4) is 0 Å². The highest BCUT2D eigenvalue weighted by Gasteiger charge is 2.37. The highest BCUT2D eigenvalue weighted by molar-refractivity contribution is 5.47. The van der Waals surface area contributed by atoms with Crippen molar-refractivity contribution >= 4 is 0 Å². The largest absolute Gasteiger partial charge is 0.391 e. The molecule has 1 N–H and O–H groups in total. The molecule has 0 fully saturated rings. The Labute approximate surface area is 149 Å². The molecule has 0 aliphatic rings. The molecule has 1 atom stereocenters. The van der Waals surface area contributed by atoms with Crippen molar-refractivity contribution in [1.82, 2.24) is 0 Å². The fraction of sp³-hybridized carbons (Fsp3) is 0.217. The SMILES string of the molecule is CCC(O)COC(c1ccccc1)(c1ccccc1)c1ccccc1. The quantitative estimate of drug-likeness (QED) is 0.632. The van der Waals surface area contributed by atoms with Gasteiger partial charge < -0.3 is 9.84 Å². The summed E-state index contributed by atoms with van der Waals surface area (Å²) in [5.74, 6) is 0.